The van der Waals surface area contributed by atoms with Crippen LogP contribution >= 0.6 is 11.6 Å². The number of fused-ring (bicyclic) bond motifs is 1. The average Bonchev–Trinajstić information content (AvgIpc) is 3.04. The molecule has 1 amide bonds. The van der Waals surface area contributed by atoms with Crippen LogP contribution in [0, 0.1) is 5.82 Å². The Balaban J connectivity index is 1.72. The molecule has 0 radical (unpaired) electrons. The van der Waals surface area contributed by atoms with E-state index in [-0.39, 0.29) is 27.5 Å². The molecule has 0 saturated heterocycles. The molecule has 1 heterocycles. The highest BCUT2D eigenvalue weighted by molar-refractivity contribution is 7.91. The van der Waals surface area contributed by atoms with Crippen LogP contribution in [0.3, 0.4) is 0 Å². The number of benzene rings is 2. The van der Waals surface area contributed by atoms with E-state index in [0.29, 0.717) is 5.52 Å². The minimum absolute atomic E-state index is 0.0228. The van der Waals surface area contributed by atoms with Gasteiger partial charge in [0.05, 0.1) is 21.4 Å². The van der Waals surface area contributed by atoms with Crippen LogP contribution in [0.2, 0.25) is 5.02 Å². The van der Waals surface area contributed by atoms with Crippen LogP contribution < -0.4 is 5.32 Å². The lowest BCUT2D eigenvalue weighted by molar-refractivity contribution is -0.115. The van der Waals surface area contributed by atoms with Gasteiger partial charge in [-0.15, -0.1) is 0 Å². The molecule has 0 bridgehead atoms. The third-order valence-electron chi connectivity index (χ3n) is 3.39. The Kier molecular flexibility index (Phi) is 4.69. The number of amides is 1. The van der Waals surface area contributed by atoms with Crippen molar-refractivity contribution >= 4 is 44.1 Å². The number of aromatic nitrogens is 2. The SMILES string of the molecule is O=C(CCS(=O)(=O)c1cccc2nonc12)Nc1ccc(F)cc1Cl. The maximum atomic E-state index is 13.0. The zero-order valence-corrected chi connectivity index (χ0v) is 14.1. The number of hydrogen-bond donors (Lipinski definition) is 1. The lowest BCUT2D eigenvalue weighted by Gasteiger charge is -2.08. The maximum Gasteiger partial charge on any atom is 0.225 e. The summed E-state index contributed by atoms with van der Waals surface area (Å²) in [6.45, 7) is 0. The van der Waals surface area contributed by atoms with Crippen LogP contribution in [0.15, 0.2) is 45.9 Å². The molecule has 0 aliphatic carbocycles. The highest BCUT2D eigenvalue weighted by atomic mass is 35.5. The van der Waals surface area contributed by atoms with Crippen LogP contribution in [0.25, 0.3) is 11.0 Å². The fraction of sp³-hybridized carbons (Fsp3) is 0.133. The van der Waals surface area contributed by atoms with Crippen LogP contribution in [0.4, 0.5) is 10.1 Å². The van der Waals surface area contributed by atoms with E-state index < -0.39 is 27.3 Å². The lowest BCUT2D eigenvalue weighted by atomic mass is 10.3. The summed E-state index contributed by atoms with van der Waals surface area (Å²) in [6, 6.07) is 7.93. The molecule has 0 fully saturated rings. The van der Waals surface area contributed by atoms with Crippen molar-refractivity contribution in [1.82, 2.24) is 10.3 Å². The molecular weight excluding hydrogens is 373 g/mol. The summed E-state index contributed by atoms with van der Waals surface area (Å²) in [5, 5.41) is 9.63. The quantitative estimate of drug-likeness (QED) is 0.726. The summed E-state index contributed by atoms with van der Waals surface area (Å²) >= 11 is 5.81. The molecule has 0 unspecified atom stereocenters. The molecule has 2 aromatic carbocycles. The van der Waals surface area contributed by atoms with Crippen molar-refractivity contribution in [1.29, 1.82) is 0 Å². The summed E-state index contributed by atoms with van der Waals surface area (Å²) < 4.78 is 42.4. The predicted molar refractivity (Wildman–Crippen MR) is 88.5 cm³/mol. The first kappa shape index (κ1) is 17.3. The van der Waals surface area contributed by atoms with Gasteiger partial charge in [0.2, 0.25) is 5.91 Å². The van der Waals surface area contributed by atoms with Crippen LogP contribution in [0.1, 0.15) is 6.42 Å². The molecule has 0 atom stereocenters. The number of halogens is 2. The van der Waals surface area contributed by atoms with Gasteiger partial charge in [-0.1, -0.05) is 17.7 Å². The largest absolute Gasteiger partial charge is 0.325 e. The molecule has 3 rings (SSSR count). The predicted octanol–water partition coefficient (Wildman–Crippen LogP) is 2.82. The van der Waals surface area contributed by atoms with E-state index in [1.807, 2.05) is 0 Å². The zero-order chi connectivity index (χ0) is 18.0. The molecule has 0 saturated carbocycles. The molecule has 0 aliphatic rings. The monoisotopic (exact) mass is 383 g/mol. The van der Waals surface area contributed by atoms with Gasteiger partial charge in [-0.05, 0) is 40.6 Å². The first-order valence-corrected chi connectivity index (χ1v) is 9.09. The van der Waals surface area contributed by atoms with Gasteiger partial charge in [0.1, 0.15) is 11.3 Å². The molecule has 7 nitrogen and oxygen atoms in total. The summed E-state index contributed by atoms with van der Waals surface area (Å²) in [7, 11) is -3.78. The first-order valence-electron chi connectivity index (χ1n) is 7.06. The van der Waals surface area contributed by atoms with Crippen molar-refractivity contribution in [3.05, 3.63) is 47.2 Å². The second kappa shape index (κ2) is 6.77. The van der Waals surface area contributed by atoms with Gasteiger partial charge < -0.3 is 5.32 Å². The van der Waals surface area contributed by atoms with Gasteiger partial charge >= 0.3 is 0 Å². The van der Waals surface area contributed by atoms with Crippen molar-refractivity contribution in [2.45, 2.75) is 11.3 Å². The topological polar surface area (TPSA) is 102 Å². The van der Waals surface area contributed by atoms with Gasteiger partial charge in [0.25, 0.3) is 0 Å². The van der Waals surface area contributed by atoms with E-state index in [4.69, 9.17) is 11.6 Å². The normalized spacial score (nSPS) is 11.6. The van der Waals surface area contributed by atoms with Gasteiger partial charge in [-0.2, -0.15) is 0 Å². The molecule has 25 heavy (non-hydrogen) atoms. The van der Waals surface area contributed by atoms with Gasteiger partial charge in [-0.3, -0.25) is 4.79 Å². The van der Waals surface area contributed by atoms with E-state index in [9.17, 15) is 17.6 Å². The van der Waals surface area contributed by atoms with E-state index >= 15 is 0 Å². The Bertz CT molecular complexity index is 1050. The zero-order valence-electron chi connectivity index (χ0n) is 12.6. The summed E-state index contributed by atoms with van der Waals surface area (Å²) in [5.74, 6) is -1.55. The fourth-order valence-corrected chi connectivity index (χ4v) is 3.78. The van der Waals surface area contributed by atoms with Gasteiger partial charge in [0.15, 0.2) is 15.4 Å². The average molecular weight is 384 g/mol. The Labute approximate surface area is 146 Å². The minimum Gasteiger partial charge on any atom is -0.325 e. The van der Waals surface area contributed by atoms with E-state index in [2.05, 4.69) is 20.3 Å². The molecular formula is C15H11ClFN3O4S. The van der Waals surface area contributed by atoms with Crippen molar-refractivity contribution in [3.63, 3.8) is 0 Å². The molecule has 10 heteroatoms. The van der Waals surface area contributed by atoms with E-state index in [1.54, 1.807) is 6.07 Å². The maximum absolute atomic E-state index is 13.0. The standard InChI is InChI=1S/C15H11ClFN3O4S/c16-10-8-9(17)4-5-11(10)18-14(21)6-7-25(22,23)13-3-1-2-12-15(13)20-24-19-12/h1-5,8H,6-7H2,(H,18,21). The number of anilines is 1. The smallest absolute Gasteiger partial charge is 0.225 e. The van der Waals surface area contributed by atoms with Gasteiger partial charge in [0, 0.05) is 6.42 Å². The molecule has 130 valence electrons. The number of nitrogens with one attached hydrogen (secondary N) is 1. The summed E-state index contributed by atoms with van der Waals surface area (Å²) in [4.78, 5) is 11.9. The van der Waals surface area contributed by atoms with Crippen molar-refractivity contribution in [2.75, 3.05) is 11.1 Å². The Morgan fingerprint density at radius 2 is 2.04 bits per heavy atom. The molecule has 0 aliphatic heterocycles. The van der Waals surface area contributed by atoms with Crippen LogP contribution in [-0.2, 0) is 14.6 Å². The van der Waals surface area contributed by atoms with E-state index in [1.165, 1.54) is 18.2 Å². The second-order valence-electron chi connectivity index (χ2n) is 5.13. The van der Waals surface area contributed by atoms with Crippen molar-refractivity contribution in [2.24, 2.45) is 0 Å². The number of carbonyl (C=O) groups is 1. The second-order valence-corrected chi connectivity index (χ2v) is 7.61. The van der Waals surface area contributed by atoms with Crippen molar-refractivity contribution < 1.29 is 22.2 Å². The van der Waals surface area contributed by atoms with Crippen molar-refractivity contribution in [3.8, 4) is 0 Å². The van der Waals surface area contributed by atoms with Crippen LogP contribution in [-0.4, -0.2) is 30.4 Å². The number of rotatable bonds is 5. The van der Waals surface area contributed by atoms with Crippen LogP contribution in [0.5, 0.6) is 0 Å². The number of sulfone groups is 1. The summed E-state index contributed by atoms with van der Waals surface area (Å²) in [5.41, 5.74) is 0.626. The number of carbonyl (C=O) groups excluding carboxylic acids is 1. The molecule has 1 aromatic heterocycles. The lowest BCUT2D eigenvalue weighted by Crippen LogP contribution is -2.18. The number of hydrogen-bond acceptors (Lipinski definition) is 6. The number of nitrogens with zero attached hydrogens (tertiary/aromatic N) is 2. The summed E-state index contributed by atoms with van der Waals surface area (Å²) in [6.07, 6.45) is -0.308. The van der Waals surface area contributed by atoms with E-state index in [0.717, 1.165) is 12.1 Å². The third-order valence-corrected chi connectivity index (χ3v) is 5.44. The molecule has 1 N–H and O–H groups in total. The Morgan fingerprint density at radius 1 is 1.24 bits per heavy atom. The minimum atomic E-state index is -3.78. The molecule has 3 aromatic rings. The fourth-order valence-electron chi connectivity index (χ4n) is 2.17. The highest BCUT2D eigenvalue weighted by Gasteiger charge is 2.21. The third kappa shape index (κ3) is 3.77. The molecule has 0 spiro atoms. The Morgan fingerprint density at radius 3 is 2.80 bits per heavy atom. The Hall–Kier alpha value is -2.52. The van der Waals surface area contributed by atoms with Gasteiger partial charge in [-0.25, -0.2) is 17.4 Å². The first-order chi connectivity index (χ1) is 11.9. The highest BCUT2D eigenvalue weighted by Crippen LogP contribution is 2.24.